The van der Waals surface area contributed by atoms with E-state index in [4.69, 9.17) is 0 Å². The molecule has 1 amide bonds. The molecule has 0 spiro atoms. The maximum atomic E-state index is 12.1. The fourth-order valence-corrected chi connectivity index (χ4v) is 2.05. The number of nitrogens with one attached hydrogen (secondary N) is 2. The maximum Gasteiger partial charge on any atom is 0.253 e. The smallest absolute Gasteiger partial charge is 0.253 e. The van der Waals surface area contributed by atoms with Crippen molar-refractivity contribution in [3.63, 3.8) is 0 Å². The van der Waals surface area contributed by atoms with Crippen molar-refractivity contribution in [3.8, 4) is 0 Å². The van der Waals surface area contributed by atoms with Crippen molar-refractivity contribution in [3.05, 3.63) is 64.5 Å². The van der Waals surface area contributed by atoms with Gasteiger partial charge in [-0.1, -0.05) is 6.07 Å². The molecule has 1 unspecified atom stereocenters. The van der Waals surface area contributed by atoms with Crippen LogP contribution in [0.1, 0.15) is 29.1 Å². The van der Waals surface area contributed by atoms with Crippen molar-refractivity contribution in [2.24, 2.45) is 0 Å². The van der Waals surface area contributed by atoms with Gasteiger partial charge in [0.2, 0.25) is 5.56 Å². The Balaban J connectivity index is 1.82. The standard InChI is InChI=1S/C14H13N5O2/c1-9(13-18-17-11-4-2-3-7-19(11)13)16-14(21)10-5-6-12(20)15-8-10/h2-9H,1H3,(H,15,20)(H,16,21). The summed E-state index contributed by atoms with van der Waals surface area (Å²) in [6.45, 7) is 1.83. The topological polar surface area (TPSA) is 92.1 Å². The lowest BCUT2D eigenvalue weighted by Gasteiger charge is -2.12. The van der Waals surface area contributed by atoms with Gasteiger partial charge in [-0.2, -0.15) is 0 Å². The Kier molecular flexibility index (Phi) is 3.23. The van der Waals surface area contributed by atoms with Crippen molar-refractivity contribution in [2.45, 2.75) is 13.0 Å². The van der Waals surface area contributed by atoms with Gasteiger partial charge in [-0.25, -0.2) is 0 Å². The molecule has 3 rings (SSSR count). The van der Waals surface area contributed by atoms with Gasteiger partial charge < -0.3 is 10.3 Å². The molecule has 0 saturated heterocycles. The Hall–Kier alpha value is -2.96. The summed E-state index contributed by atoms with van der Waals surface area (Å²) in [6, 6.07) is 8.05. The van der Waals surface area contributed by atoms with Gasteiger partial charge in [0.25, 0.3) is 5.91 Å². The number of aromatic amines is 1. The van der Waals surface area contributed by atoms with E-state index >= 15 is 0 Å². The number of fused-ring (bicyclic) bond motifs is 1. The van der Waals surface area contributed by atoms with Crippen LogP contribution >= 0.6 is 0 Å². The second kappa shape index (κ2) is 5.20. The number of amides is 1. The van der Waals surface area contributed by atoms with Crippen LogP contribution in [0.15, 0.2) is 47.5 Å². The SMILES string of the molecule is CC(NC(=O)c1ccc(=O)[nH]c1)c1nnc2ccccn12. The van der Waals surface area contributed by atoms with Gasteiger partial charge in [0.15, 0.2) is 11.5 Å². The fourth-order valence-electron chi connectivity index (χ4n) is 2.05. The van der Waals surface area contributed by atoms with Gasteiger partial charge in [0.1, 0.15) is 0 Å². The van der Waals surface area contributed by atoms with Crippen molar-refractivity contribution in [1.29, 1.82) is 0 Å². The first-order chi connectivity index (χ1) is 10.1. The highest BCUT2D eigenvalue weighted by atomic mass is 16.2. The molecule has 7 nitrogen and oxygen atoms in total. The molecule has 1 atom stereocenters. The predicted molar refractivity (Wildman–Crippen MR) is 75.9 cm³/mol. The summed E-state index contributed by atoms with van der Waals surface area (Å²) < 4.78 is 1.82. The third kappa shape index (κ3) is 2.53. The van der Waals surface area contributed by atoms with Crippen LogP contribution in [-0.4, -0.2) is 25.5 Å². The first-order valence-electron chi connectivity index (χ1n) is 6.44. The molecular formula is C14H13N5O2. The normalized spacial score (nSPS) is 12.2. The number of carbonyl (C=O) groups excluding carboxylic acids is 1. The van der Waals surface area contributed by atoms with E-state index in [1.54, 1.807) is 0 Å². The molecule has 0 fully saturated rings. The summed E-state index contributed by atoms with van der Waals surface area (Å²) >= 11 is 0. The molecule has 0 radical (unpaired) electrons. The molecule has 21 heavy (non-hydrogen) atoms. The van der Waals surface area contributed by atoms with Crippen molar-refractivity contribution in [1.82, 2.24) is 24.9 Å². The number of rotatable bonds is 3. The average molecular weight is 283 g/mol. The summed E-state index contributed by atoms with van der Waals surface area (Å²) in [6.07, 6.45) is 3.22. The zero-order valence-corrected chi connectivity index (χ0v) is 11.3. The van der Waals surface area contributed by atoms with Crippen LogP contribution < -0.4 is 10.9 Å². The number of H-pyrrole nitrogens is 1. The maximum absolute atomic E-state index is 12.1. The zero-order chi connectivity index (χ0) is 14.8. The monoisotopic (exact) mass is 283 g/mol. The van der Waals surface area contributed by atoms with Crippen molar-refractivity contribution in [2.75, 3.05) is 0 Å². The first kappa shape index (κ1) is 13.0. The van der Waals surface area contributed by atoms with Crippen LogP contribution in [0.2, 0.25) is 0 Å². The highest BCUT2D eigenvalue weighted by Crippen LogP contribution is 2.12. The molecular weight excluding hydrogens is 270 g/mol. The van der Waals surface area contributed by atoms with Gasteiger partial charge >= 0.3 is 0 Å². The summed E-state index contributed by atoms with van der Waals surface area (Å²) in [5.74, 6) is 0.356. The van der Waals surface area contributed by atoms with Gasteiger partial charge in [0.05, 0.1) is 11.6 Å². The number of aromatic nitrogens is 4. The molecule has 3 aromatic heterocycles. The Bertz CT molecular complexity index is 831. The van der Waals surface area contributed by atoms with Gasteiger partial charge in [-0.15, -0.1) is 10.2 Å². The third-order valence-electron chi connectivity index (χ3n) is 3.12. The minimum absolute atomic E-state index is 0.247. The molecule has 0 aliphatic heterocycles. The fraction of sp³-hybridized carbons (Fsp3) is 0.143. The van der Waals surface area contributed by atoms with E-state index < -0.39 is 0 Å². The van der Waals surface area contributed by atoms with Crippen LogP contribution in [0.5, 0.6) is 0 Å². The molecule has 0 aliphatic carbocycles. The van der Waals surface area contributed by atoms with E-state index in [1.165, 1.54) is 18.3 Å². The largest absolute Gasteiger partial charge is 0.342 e. The summed E-state index contributed by atoms with van der Waals surface area (Å²) in [7, 11) is 0. The minimum Gasteiger partial charge on any atom is -0.342 e. The van der Waals surface area contributed by atoms with Crippen LogP contribution in [-0.2, 0) is 0 Å². The van der Waals surface area contributed by atoms with Gasteiger partial charge in [0, 0.05) is 18.5 Å². The van der Waals surface area contributed by atoms with Crippen LogP contribution in [0, 0.1) is 0 Å². The molecule has 2 N–H and O–H groups in total. The molecule has 3 heterocycles. The number of hydrogen-bond acceptors (Lipinski definition) is 4. The van der Waals surface area contributed by atoms with Crippen LogP contribution in [0.3, 0.4) is 0 Å². The Morgan fingerprint density at radius 2 is 2.14 bits per heavy atom. The second-order valence-electron chi connectivity index (χ2n) is 4.62. The lowest BCUT2D eigenvalue weighted by molar-refractivity contribution is 0.0937. The number of pyridine rings is 2. The van der Waals surface area contributed by atoms with E-state index in [-0.39, 0.29) is 17.5 Å². The highest BCUT2D eigenvalue weighted by Gasteiger charge is 2.16. The van der Waals surface area contributed by atoms with E-state index in [1.807, 2.05) is 35.7 Å². The lowest BCUT2D eigenvalue weighted by Crippen LogP contribution is -2.28. The summed E-state index contributed by atoms with van der Waals surface area (Å²) in [5, 5.41) is 11.0. The molecule has 0 bridgehead atoms. The quantitative estimate of drug-likeness (QED) is 0.747. The number of hydrogen-bond donors (Lipinski definition) is 2. The van der Waals surface area contributed by atoms with Gasteiger partial charge in [-0.05, 0) is 25.1 Å². The Labute approximate surface area is 119 Å². The first-order valence-corrected chi connectivity index (χ1v) is 6.44. The van der Waals surface area contributed by atoms with Crippen molar-refractivity contribution < 1.29 is 4.79 Å². The molecule has 0 aromatic carbocycles. The zero-order valence-electron chi connectivity index (χ0n) is 11.3. The lowest BCUT2D eigenvalue weighted by atomic mass is 10.2. The summed E-state index contributed by atoms with van der Waals surface area (Å²) in [5.41, 5.74) is 0.857. The Morgan fingerprint density at radius 3 is 2.90 bits per heavy atom. The molecule has 7 heteroatoms. The van der Waals surface area contributed by atoms with E-state index in [0.717, 1.165) is 5.65 Å². The van der Waals surface area contributed by atoms with E-state index in [2.05, 4.69) is 20.5 Å². The number of nitrogens with zero attached hydrogens (tertiary/aromatic N) is 3. The summed E-state index contributed by atoms with van der Waals surface area (Å²) in [4.78, 5) is 25.6. The van der Waals surface area contributed by atoms with Gasteiger partial charge in [-0.3, -0.25) is 14.0 Å². The minimum atomic E-state index is -0.318. The highest BCUT2D eigenvalue weighted by molar-refractivity contribution is 5.94. The van der Waals surface area contributed by atoms with E-state index in [0.29, 0.717) is 11.4 Å². The van der Waals surface area contributed by atoms with Crippen molar-refractivity contribution >= 4 is 11.6 Å². The number of carbonyl (C=O) groups is 1. The molecule has 106 valence electrons. The third-order valence-corrected chi connectivity index (χ3v) is 3.12. The average Bonchev–Trinajstić information content (AvgIpc) is 2.92. The van der Waals surface area contributed by atoms with Crippen LogP contribution in [0.4, 0.5) is 0 Å². The Morgan fingerprint density at radius 1 is 1.29 bits per heavy atom. The predicted octanol–water partition coefficient (Wildman–Crippen LogP) is 0.909. The molecule has 0 aliphatic rings. The molecule has 3 aromatic rings. The second-order valence-corrected chi connectivity index (χ2v) is 4.62. The van der Waals surface area contributed by atoms with Crippen LogP contribution in [0.25, 0.3) is 5.65 Å². The molecule has 0 saturated carbocycles. The van der Waals surface area contributed by atoms with E-state index in [9.17, 15) is 9.59 Å².